The van der Waals surface area contributed by atoms with Crippen LogP contribution in [0.1, 0.15) is 29.7 Å². The smallest absolute Gasteiger partial charge is 0.252 e. The SMILES string of the molecule is CCc1nnc([C@@H]2CN(S(=O)(=O)c3ccc(C)s3)CCO2)o1. The molecule has 120 valence electrons. The highest BCUT2D eigenvalue weighted by molar-refractivity contribution is 7.91. The molecule has 1 fully saturated rings. The van der Waals surface area contributed by atoms with Gasteiger partial charge in [-0.15, -0.1) is 21.5 Å². The number of aromatic nitrogens is 2. The van der Waals surface area contributed by atoms with Crippen LogP contribution in [0.3, 0.4) is 0 Å². The number of aryl methyl sites for hydroxylation is 2. The molecule has 7 nitrogen and oxygen atoms in total. The summed E-state index contributed by atoms with van der Waals surface area (Å²) in [5.41, 5.74) is 0. The van der Waals surface area contributed by atoms with Crippen LogP contribution in [0.25, 0.3) is 0 Å². The maximum absolute atomic E-state index is 12.7. The lowest BCUT2D eigenvalue weighted by Gasteiger charge is -2.29. The van der Waals surface area contributed by atoms with E-state index in [1.165, 1.54) is 15.6 Å². The van der Waals surface area contributed by atoms with Crippen molar-refractivity contribution >= 4 is 21.4 Å². The number of thiophene rings is 1. The van der Waals surface area contributed by atoms with Crippen molar-refractivity contribution in [2.45, 2.75) is 30.6 Å². The van der Waals surface area contributed by atoms with Gasteiger partial charge in [0.1, 0.15) is 10.3 Å². The lowest BCUT2D eigenvalue weighted by atomic mass is 10.3. The third-order valence-corrected chi connectivity index (χ3v) is 6.73. The van der Waals surface area contributed by atoms with E-state index in [9.17, 15) is 8.42 Å². The van der Waals surface area contributed by atoms with Crippen molar-refractivity contribution in [2.24, 2.45) is 0 Å². The maximum Gasteiger partial charge on any atom is 0.252 e. The van der Waals surface area contributed by atoms with Crippen LogP contribution < -0.4 is 0 Å². The molecule has 1 atom stereocenters. The van der Waals surface area contributed by atoms with Crippen molar-refractivity contribution in [1.82, 2.24) is 14.5 Å². The molecule has 1 aliphatic rings. The molecule has 0 amide bonds. The van der Waals surface area contributed by atoms with Crippen molar-refractivity contribution in [2.75, 3.05) is 19.7 Å². The van der Waals surface area contributed by atoms with Gasteiger partial charge in [-0.2, -0.15) is 4.31 Å². The van der Waals surface area contributed by atoms with E-state index in [1.54, 1.807) is 12.1 Å². The highest BCUT2D eigenvalue weighted by Crippen LogP contribution is 2.29. The Morgan fingerprint density at radius 2 is 2.23 bits per heavy atom. The molecular weight excluding hydrogens is 326 g/mol. The summed E-state index contributed by atoms with van der Waals surface area (Å²) in [6.45, 7) is 4.61. The molecule has 2 aromatic rings. The fraction of sp³-hybridized carbons (Fsp3) is 0.538. The van der Waals surface area contributed by atoms with E-state index in [4.69, 9.17) is 9.15 Å². The minimum atomic E-state index is -3.50. The molecule has 0 N–H and O–H groups in total. The van der Waals surface area contributed by atoms with Gasteiger partial charge in [0.05, 0.1) is 6.61 Å². The lowest BCUT2D eigenvalue weighted by molar-refractivity contribution is -0.0177. The Morgan fingerprint density at radius 1 is 1.41 bits per heavy atom. The Bertz CT molecular complexity index is 753. The fourth-order valence-electron chi connectivity index (χ4n) is 2.21. The number of sulfonamides is 1. The Kier molecular flexibility index (Phi) is 4.31. The first-order valence-corrected chi connectivity index (χ1v) is 9.27. The quantitative estimate of drug-likeness (QED) is 0.841. The van der Waals surface area contributed by atoms with Crippen LogP contribution in [0.15, 0.2) is 20.8 Å². The van der Waals surface area contributed by atoms with Gasteiger partial charge in [0.15, 0.2) is 0 Å². The molecular formula is C13H17N3O4S2. The molecule has 0 spiro atoms. The molecule has 0 aromatic carbocycles. The first kappa shape index (κ1) is 15.6. The van der Waals surface area contributed by atoms with E-state index in [0.717, 1.165) is 4.88 Å². The van der Waals surface area contributed by atoms with Crippen LogP contribution in [0, 0.1) is 6.92 Å². The van der Waals surface area contributed by atoms with Gasteiger partial charge in [-0.3, -0.25) is 0 Å². The minimum Gasteiger partial charge on any atom is -0.422 e. The van der Waals surface area contributed by atoms with E-state index < -0.39 is 16.1 Å². The number of rotatable bonds is 4. The van der Waals surface area contributed by atoms with E-state index in [2.05, 4.69) is 10.2 Å². The minimum absolute atomic E-state index is 0.185. The van der Waals surface area contributed by atoms with Crippen LogP contribution in [-0.4, -0.2) is 42.6 Å². The monoisotopic (exact) mass is 343 g/mol. The van der Waals surface area contributed by atoms with Crippen molar-refractivity contribution < 1.29 is 17.6 Å². The van der Waals surface area contributed by atoms with Crippen LogP contribution >= 0.6 is 11.3 Å². The Hall–Kier alpha value is -1.29. The standard InChI is InChI=1S/C13H17N3O4S2/c1-3-11-14-15-13(20-11)10-8-16(6-7-19-10)22(17,18)12-5-4-9(2)21-12/h4-5,10H,3,6-8H2,1-2H3/t10-/m0/s1. The van der Waals surface area contributed by atoms with Crippen LogP contribution in [0.5, 0.6) is 0 Å². The summed E-state index contributed by atoms with van der Waals surface area (Å²) in [6.07, 6.45) is 0.119. The second-order valence-electron chi connectivity index (χ2n) is 4.98. The van der Waals surface area contributed by atoms with Crippen LogP contribution in [0.4, 0.5) is 0 Å². The molecule has 22 heavy (non-hydrogen) atoms. The highest BCUT2D eigenvalue weighted by Gasteiger charge is 2.34. The molecule has 0 radical (unpaired) electrons. The maximum atomic E-state index is 12.7. The molecule has 1 aliphatic heterocycles. The van der Waals surface area contributed by atoms with Gasteiger partial charge < -0.3 is 9.15 Å². The normalized spacial score (nSPS) is 20.4. The molecule has 0 unspecified atom stereocenters. The lowest BCUT2D eigenvalue weighted by Crippen LogP contribution is -2.42. The van der Waals surface area contributed by atoms with Crippen molar-refractivity contribution in [1.29, 1.82) is 0 Å². The average Bonchev–Trinajstić information content (AvgIpc) is 3.16. The van der Waals surface area contributed by atoms with Crippen LogP contribution in [0.2, 0.25) is 0 Å². The molecule has 3 rings (SSSR count). The first-order valence-electron chi connectivity index (χ1n) is 7.01. The van der Waals surface area contributed by atoms with Gasteiger partial charge in [-0.1, -0.05) is 6.92 Å². The van der Waals surface area contributed by atoms with Gasteiger partial charge >= 0.3 is 0 Å². The molecule has 0 saturated carbocycles. The zero-order valence-electron chi connectivity index (χ0n) is 12.4. The van der Waals surface area contributed by atoms with Crippen LogP contribution in [-0.2, 0) is 21.2 Å². The van der Waals surface area contributed by atoms with Crippen molar-refractivity contribution in [3.8, 4) is 0 Å². The molecule has 2 aromatic heterocycles. The number of hydrogen-bond donors (Lipinski definition) is 0. The third-order valence-electron chi connectivity index (χ3n) is 3.40. The predicted octanol–water partition coefficient (Wildman–Crippen LogP) is 1.76. The topological polar surface area (TPSA) is 85.5 Å². The van der Waals surface area contributed by atoms with Gasteiger partial charge in [-0.05, 0) is 19.1 Å². The predicted molar refractivity (Wildman–Crippen MR) is 80.2 cm³/mol. The number of nitrogens with zero attached hydrogens (tertiary/aromatic N) is 3. The summed E-state index contributed by atoms with van der Waals surface area (Å²) in [5, 5.41) is 7.84. The van der Waals surface area contributed by atoms with Gasteiger partial charge in [0.2, 0.25) is 11.8 Å². The Balaban J connectivity index is 1.80. The van der Waals surface area contributed by atoms with Gasteiger partial charge in [0, 0.05) is 24.4 Å². The number of hydrogen-bond acceptors (Lipinski definition) is 7. The fourth-order valence-corrected chi connectivity index (χ4v) is 5.07. The molecule has 0 bridgehead atoms. The van der Waals surface area contributed by atoms with Crippen molar-refractivity contribution in [3.63, 3.8) is 0 Å². The summed E-state index contributed by atoms with van der Waals surface area (Å²) in [7, 11) is -3.50. The second-order valence-corrected chi connectivity index (χ2v) is 8.43. The summed E-state index contributed by atoms with van der Waals surface area (Å²) >= 11 is 1.27. The molecule has 0 aliphatic carbocycles. The van der Waals surface area contributed by atoms with E-state index in [1.807, 2.05) is 13.8 Å². The molecule has 1 saturated heterocycles. The first-order chi connectivity index (χ1) is 10.5. The number of ether oxygens (including phenoxy) is 1. The van der Waals surface area contributed by atoms with E-state index >= 15 is 0 Å². The van der Waals surface area contributed by atoms with Gasteiger partial charge in [0.25, 0.3) is 10.0 Å². The molecule has 3 heterocycles. The summed E-state index contributed by atoms with van der Waals surface area (Å²) < 4.78 is 38.1. The Morgan fingerprint density at radius 3 is 2.86 bits per heavy atom. The zero-order valence-corrected chi connectivity index (χ0v) is 14.0. The summed E-state index contributed by atoms with van der Waals surface area (Å²) in [5.74, 6) is 0.853. The molecule has 9 heteroatoms. The van der Waals surface area contributed by atoms with E-state index in [0.29, 0.717) is 35.6 Å². The van der Waals surface area contributed by atoms with Crippen molar-refractivity contribution in [3.05, 3.63) is 28.8 Å². The average molecular weight is 343 g/mol. The number of morpholine rings is 1. The third kappa shape index (κ3) is 2.94. The zero-order chi connectivity index (χ0) is 15.7. The Labute approximate surface area is 133 Å². The summed E-state index contributed by atoms with van der Waals surface area (Å²) in [4.78, 5) is 0.966. The van der Waals surface area contributed by atoms with E-state index in [-0.39, 0.29) is 6.54 Å². The summed E-state index contributed by atoms with van der Waals surface area (Å²) in [6, 6.07) is 3.45. The highest BCUT2D eigenvalue weighted by atomic mass is 32.2. The largest absolute Gasteiger partial charge is 0.422 e. The van der Waals surface area contributed by atoms with Gasteiger partial charge in [-0.25, -0.2) is 8.42 Å². The second kappa shape index (κ2) is 6.07.